The van der Waals surface area contributed by atoms with Crippen molar-refractivity contribution in [3.8, 4) is 0 Å². The predicted octanol–water partition coefficient (Wildman–Crippen LogP) is -1.88. The van der Waals surface area contributed by atoms with Crippen molar-refractivity contribution in [2.24, 2.45) is 4.99 Å². The summed E-state index contributed by atoms with van der Waals surface area (Å²) < 4.78 is 5.42. The molecule has 0 radical (unpaired) electrons. The van der Waals surface area contributed by atoms with Crippen LogP contribution >= 0.6 is 11.8 Å². The summed E-state index contributed by atoms with van der Waals surface area (Å²) in [6, 6.07) is -0.463. The number of hydrogen-bond donors (Lipinski definition) is 4. The molecule has 1 saturated heterocycles. The highest BCUT2D eigenvalue weighted by molar-refractivity contribution is 8.14. The summed E-state index contributed by atoms with van der Waals surface area (Å²) >= 11 is 1.35. The Kier molecular flexibility index (Phi) is 3.17. The Balaban J connectivity index is 2.12. The Labute approximate surface area is 91.3 Å². The fourth-order valence-electron chi connectivity index (χ4n) is 1.70. The molecule has 2 aliphatic rings. The van der Waals surface area contributed by atoms with Crippen LogP contribution in [0.25, 0.3) is 0 Å². The molecular formula is C8H14N2O4S. The highest BCUT2D eigenvalue weighted by Gasteiger charge is 2.47. The minimum atomic E-state index is -1.09. The average Bonchev–Trinajstić information content (AvgIpc) is 2.66. The summed E-state index contributed by atoms with van der Waals surface area (Å²) in [4.78, 5) is 4.18. The molecule has 0 amide bonds. The van der Waals surface area contributed by atoms with E-state index in [4.69, 9.17) is 9.84 Å². The van der Waals surface area contributed by atoms with Gasteiger partial charge in [0.05, 0.1) is 6.61 Å². The molecule has 0 aromatic rings. The molecule has 0 saturated carbocycles. The largest absolute Gasteiger partial charge is 0.394 e. The molecule has 15 heavy (non-hydrogen) atoms. The van der Waals surface area contributed by atoms with Gasteiger partial charge in [-0.2, -0.15) is 0 Å². The lowest BCUT2D eigenvalue weighted by molar-refractivity contribution is -0.164. The van der Waals surface area contributed by atoms with Gasteiger partial charge in [0.2, 0.25) is 0 Å². The number of amidine groups is 1. The van der Waals surface area contributed by atoms with Crippen LogP contribution in [0.4, 0.5) is 0 Å². The number of aliphatic imine (C=N–C) groups is 1. The number of thioether (sulfide) groups is 1. The van der Waals surface area contributed by atoms with Crippen LogP contribution in [0.5, 0.6) is 0 Å². The Morgan fingerprint density at radius 2 is 2.20 bits per heavy atom. The molecule has 2 heterocycles. The Hall–Kier alpha value is -0.340. The standard InChI is InChI=1S/C8H14N2O4S/c1-9-8-10-4-6(13)5(12)3(2-11)14-7(4)15-8/h3-7,11-13H,2H2,1H3,(H,9,10)/t3-,4?,5-,6-,7?/m1/s1. The third kappa shape index (κ3) is 1.85. The molecule has 86 valence electrons. The first-order valence-corrected chi connectivity index (χ1v) is 5.60. The molecule has 2 unspecified atom stereocenters. The molecule has 7 heteroatoms. The maximum Gasteiger partial charge on any atom is 0.159 e. The molecular weight excluding hydrogens is 220 g/mol. The number of nitrogens with one attached hydrogen (secondary N) is 1. The number of hydrogen-bond acceptors (Lipinski definition) is 7. The summed E-state index contributed by atoms with van der Waals surface area (Å²) in [6.07, 6.45) is -2.81. The molecule has 0 bridgehead atoms. The van der Waals surface area contributed by atoms with E-state index in [1.165, 1.54) is 11.8 Å². The summed E-state index contributed by atoms with van der Waals surface area (Å²) in [5, 5.41) is 31.9. The Morgan fingerprint density at radius 1 is 1.47 bits per heavy atom. The highest BCUT2D eigenvalue weighted by atomic mass is 32.2. The first kappa shape index (κ1) is 11.2. The lowest BCUT2D eigenvalue weighted by Crippen LogP contribution is -2.55. The minimum Gasteiger partial charge on any atom is -0.394 e. The lowest BCUT2D eigenvalue weighted by atomic mass is 9.99. The summed E-state index contributed by atoms with van der Waals surface area (Å²) in [5.41, 5.74) is -0.331. The zero-order valence-corrected chi connectivity index (χ0v) is 9.02. The molecule has 2 aliphatic heterocycles. The van der Waals surface area contributed by atoms with Crippen molar-refractivity contribution in [3.63, 3.8) is 0 Å². The third-order valence-electron chi connectivity index (χ3n) is 2.56. The quantitative estimate of drug-likeness (QED) is 0.424. The molecule has 4 N–H and O–H groups in total. The smallest absolute Gasteiger partial charge is 0.159 e. The first-order valence-electron chi connectivity index (χ1n) is 4.72. The van der Waals surface area contributed by atoms with Crippen LogP contribution in [-0.2, 0) is 4.74 Å². The minimum absolute atomic E-state index is 0.309. The summed E-state index contributed by atoms with van der Waals surface area (Å²) in [5.74, 6) is 0. The van der Waals surface area contributed by atoms with Crippen molar-refractivity contribution in [3.05, 3.63) is 0 Å². The van der Waals surface area contributed by atoms with E-state index in [9.17, 15) is 10.2 Å². The van der Waals surface area contributed by atoms with Crippen molar-refractivity contribution >= 4 is 16.9 Å². The van der Waals surface area contributed by atoms with Gasteiger partial charge >= 0.3 is 0 Å². The van der Waals surface area contributed by atoms with E-state index >= 15 is 0 Å². The molecule has 0 aromatic carbocycles. The van der Waals surface area contributed by atoms with Crippen LogP contribution in [0.2, 0.25) is 0 Å². The number of fused-ring (bicyclic) bond motifs is 1. The average molecular weight is 234 g/mol. The monoisotopic (exact) mass is 234 g/mol. The maximum absolute atomic E-state index is 9.77. The molecule has 5 atom stereocenters. The van der Waals surface area contributed by atoms with E-state index in [1.54, 1.807) is 7.05 Å². The molecule has 6 nitrogen and oxygen atoms in total. The van der Waals surface area contributed by atoms with Gasteiger partial charge in [0.15, 0.2) is 5.17 Å². The first-order chi connectivity index (χ1) is 7.17. The van der Waals surface area contributed by atoms with Gasteiger partial charge in [-0.3, -0.25) is 4.99 Å². The van der Waals surface area contributed by atoms with E-state index in [-0.39, 0.29) is 12.0 Å². The Bertz CT molecular complexity index is 275. The van der Waals surface area contributed by atoms with Crippen LogP contribution in [0.15, 0.2) is 4.99 Å². The van der Waals surface area contributed by atoms with Crippen LogP contribution in [0.1, 0.15) is 0 Å². The number of ether oxygens (including phenoxy) is 1. The predicted molar refractivity (Wildman–Crippen MR) is 55.6 cm³/mol. The van der Waals surface area contributed by atoms with Crippen LogP contribution < -0.4 is 5.32 Å². The van der Waals surface area contributed by atoms with Crippen LogP contribution in [0.3, 0.4) is 0 Å². The second-order valence-electron chi connectivity index (χ2n) is 3.50. The number of rotatable bonds is 1. The molecule has 0 aliphatic carbocycles. The van der Waals surface area contributed by atoms with Crippen LogP contribution in [-0.4, -0.2) is 63.9 Å². The van der Waals surface area contributed by atoms with Crippen molar-refractivity contribution < 1.29 is 20.1 Å². The highest BCUT2D eigenvalue weighted by Crippen LogP contribution is 2.35. The van der Waals surface area contributed by atoms with Crippen molar-refractivity contribution in [1.82, 2.24) is 5.32 Å². The molecule has 0 spiro atoms. The SMILES string of the molecule is CNC1=NC2C(O[C@H](CO)[C@@H](O)[C@@H]2O)S1. The second-order valence-corrected chi connectivity index (χ2v) is 4.59. The third-order valence-corrected chi connectivity index (χ3v) is 3.71. The van der Waals surface area contributed by atoms with Gasteiger partial charge in [-0.05, 0) is 0 Å². The summed E-state index contributed by atoms with van der Waals surface area (Å²) in [7, 11) is 1.73. The van der Waals surface area contributed by atoms with Gasteiger partial charge < -0.3 is 25.4 Å². The number of nitrogens with zero attached hydrogens (tertiary/aromatic N) is 1. The van der Waals surface area contributed by atoms with Crippen LogP contribution in [0, 0.1) is 0 Å². The van der Waals surface area contributed by atoms with Crippen molar-refractivity contribution in [2.75, 3.05) is 13.7 Å². The lowest BCUT2D eigenvalue weighted by Gasteiger charge is -2.37. The molecule has 2 rings (SSSR count). The van der Waals surface area contributed by atoms with E-state index in [1.807, 2.05) is 0 Å². The zero-order chi connectivity index (χ0) is 11.0. The van der Waals surface area contributed by atoms with Crippen molar-refractivity contribution in [2.45, 2.75) is 29.8 Å². The normalized spacial score (nSPS) is 44.8. The van der Waals surface area contributed by atoms with E-state index < -0.39 is 24.4 Å². The van der Waals surface area contributed by atoms with Gasteiger partial charge in [0, 0.05) is 7.05 Å². The molecule has 1 fully saturated rings. The zero-order valence-electron chi connectivity index (χ0n) is 8.20. The van der Waals surface area contributed by atoms with Gasteiger partial charge in [0.25, 0.3) is 0 Å². The van der Waals surface area contributed by atoms with Gasteiger partial charge in [-0.15, -0.1) is 0 Å². The fourth-order valence-corrected chi connectivity index (χ4v) is 2.78. The number of aliphatic hydroxyl groups excluding tert-OH is 3. The van der Waals surface area contributed by atoms with E-state index in [0.29, 0.717) is 5.17 Å². The number of aliphatic hydroxyl groups is 3. The summed E-state index contributed by atoms with van der Waals surface area (Å²) in [6.45, 7) is -0.309. The van der Waals surface area contributed by atoms with Gasteiger partial charge in [-0.1, -0.05) is 11.8 Å². The van der Waals surface area contributed by atoms with Gasteiger partial charge in [-0.25, -0.2) is 0 Å². The maximum atomic E-state index is 9.77. The Morgan fingerprint density at radius 3 is 2.80 bits per heavy atom. The van der Waals surface area contributed by atoms with E-state index in [0.717, 1.165) is 0 Å². The second kappa shape index (κ2) is 4.26. The van der Waals surface area contributed by atoms with Gasteiger partial charge in [0.1, 0.15) is 29.8 Å². The molecule has 0 aromatic heterocycles. The van der Waals surface area contributed by atoms with E-state index in [2.05, 4.69) is 10.3 Å². The van der Waals surface area contributed by atoms with Crippen molar-refractivity contribution in [1.29, 1.82) is 0 Å². The topological polar surface area (TPSA) is 94.3 Å². The fraction of sp³-hybridized carbons (Fsp3) is 0.875.